The highest BCUT2D eigenvalue weighted by Crippen LogP contribution is 2.22. The van der Waals surface area contributed by atoms with Gasteiger partial charge in [0.25, 0.3) is 5.56 Å². The Morgan fingerprint density at radius 3 is 2.72 bits per heavy atom. The largest absolute Gasteiger partial charge is 0.485 e. The molecular formula is C14H15NO3. The number of carbonyl (C=O) groups excluding carboxylic acids is 1. The Morgan fingerprint density at radius 2 is 2.06 bits per heavy atom. The summed E-state index contributed by atoms with van der Waals surface area (Å²) in [7, 11) is 0. The van der Waals surface area contributed by atoms with E-state index in [-0.39, 0.29) is 17.9 Å². The molecule has 2 rings (SSSR count). The van der Waals surface area contributed by atoms with Gasteiger partial charge in [-0.1, -0.05) is 6.07 Å². The van der Waals surface area contributed by atoms with Gasteiger partial charge in [-0.3, -0.25) is 9.59 Å². The van der Waals surface area contributed by atoms with Gasteiger partial charge in [-0.25, -0.2) is 0 Å². The molecule has 0 aliphatic heterocycles. The van der Waals surface area contributed by atoms with Gasteiger partial charge in [0.2, 0.25) is 0 Å². The van der Waals surface area contributed by atoms with E-state index in [2.05, 4.69) is 0 Å². The maximum atomic E-state index is 12.1. The van der Waals surface area contributed by atoms with Gasteiger partial charge >= 0.3 is 0 Å². The summed E-state index contributed by atoms with van der Waals surface area (Å²) in [6.07, 6.45) is 1.74. The molecule has 0 atom stereocenters. The molecule has 1 aromatic carbocycles. The number of ketones is 1. The number of nitrogens with zero attached hydrogens (tertiary/aromatic N) is 1. The van der Waals surface area contributed by atoms with Gasteiger partial charge in [0, 0.05) is 18.1 Å². The third-order valence-corrected chi connectivity index (χ3v) is 2.75. The van der Waals surface area contributed by atoms with Crippen LogP contribution >= 0.6 is 0 Å². The molecular weight excluding hydrogens is 230 g/mol. The minimum absolute atomic E-state index is 0.0238. The normalized spacial score (nSPS) is 10.6. The molecule has 4 heteroatoms. The molecule has 94 valence electrons. The minimum atomic E-state index is -0.0473. The summed E-state index contributed by atoms with van der Waals surface area (Å²) in [6, 6.07) is 7.14. The van der Waals surface area contributed by atoms with Gasteiger partial charge in [-0.05, 0) is 32.0 Å². The predicted octanol–water partition coefficient (Wildman–Crippen LogP) is 1.99. The third kappa shape index (κ3) is 2.27. The second kappa shape index (κ2) is 5.04. The second-order valence-electron chi connectivity index (χ2n) is 4.11. The second-order valence-corrected chi connectivity index (χ2v) is 4.11. The third-order valence-electron chi connectivity index (χ3n) is 2.75. The van der Waals surface area contributed by atoms with Crippen LogP contribution in [0.1, 0.15) is 13.8 Å². The molecule has 0 unspecified atom stereocenters. The van der Waals surface area contributed by atoms with Crippen LogP contribution in [0.2, 0.25) is 0 Å². The van der Waals surface area contributed by atoms with Crippen molar-refractivity contribution in [3.63, 3.8) is 0 Å². The molecule has 0 amide bonds. The number of ether oxygens (including phenoxy) is 1. The highest BCUT2D eigenvalue weighted by molar-refractivity contribution is 5.88. The molecule has 4 nitrogen and oxygen atoms in total. The molecule has 0 saturated heterocycles. The maximum Gasteiger partial charge on any atom is 0.258 e. The number of fused-ring (bicyclic) bond motifs is 1. The summed E-state index contributed by atoms with van der Waals surface area (Å²) in [5, 5.41) is 1.36. The molecule has 2 aromatic rings. The van der Waals surface area contributed by atoms with E-state index in [0.29, 0.717) is 17.7 Å². The summed E-state index contributed by atoms with van der Waals surface area (Å²) < 4.78 is 7.05. The Balaban J connectivity index is 2.54. The molecule has 0 bridgehead atoms. The van der Waals surface area contributed by atoms with Gasteiger partial charge < -0.3 is 9.30 Å². The lowest BCUT2D eigenvalue weighted by atomic mass is 10.1. The summed E-state index contributed by atoms with van der Waals surface area (Å²) in [4.78, 5) is 23.0. The van der Waals surface area contributed by atoms with E-state index in [0.717, 1.165) is 5.39 Å². The number of carbonyl (C=O) groups is 1. The van der Waals surface area contributed by atoms with Gasteiger partial charge in [0.15, 0.2) is 5.78 Å². The fourth-order valence-corrected chi connectivity index (χ4v) is 1.84. The first-order valence-corrected chi connectivity index (χ1v) is 5.88. The van der Waals surface area contributed by atoms with Crippen LogP contribution < -0.4 is 10.3 Å². The van der Waals surface area contributed by atoms with Crippen LogP contribution in [-0.4, -0.2) is 17.0 Å². The fraction of sp³-hybridized carbons (Fsp3) is 0.286. The lowest BCUT2D eigenvalue weighted by Crippen LogP contribution is -2.18. The van der Waals surface area contributed by atoms with Crippen LogP contribution in [0.25, 0.3) is 10.8 Å². The fourth-order valence-electron chi connectivity index (χ4n) is 1.84. The molecule has 0 fully saturated rings. The van der Waals surface area contributed by atoms with Crippen LogP contribution in [0.5, 0.6) is 5.75 Å². The van der Waals surface area contributed by atoms with E-state index >= 15 is 0 Å². The molecule has 0 radical (unpaired) electrons. The van der Waals surface area contributed by atoms with Gasteiger partial charge in [0.1, 0.15) is 12.4 Å². The number of benzene rings is 1. The van der Waals surface area contributed by atoms with E-state index < -0.39 is 0 Å². The van der Waals surface area contributed by atoms with Crippen molar-refractivity contribution in [2.24, 2.45) is 0 Å². The predicted molar refractivity (Wildman–Crippen MR) is 70.1 cm³/mol. The summed E-state index contributed by atoms with van der Waals surface area (Å²) in [5.74, 6) is 0.525. The Labute approximate surface area is 105 Å². The van der Waals surface area contributed by atoms with Crippen LogP contribution in [0, 0.1) is 0 Å². The van der Waals surface area contributed by atoms with E-state index in [1.165, 1.54) is 6.92 Å². The van der Waals surface area contributed by atoms with Crippen molar-refractivity contribution < 1.29 is 9.53 Å². The van der Waals surface area contributed by atoms with Crippen molar-refractivity contribution in [3.05, 3.63) is 40.8 Å². The van der Waals surface area contributed by atoms with Crippen molar-refractivity contribution in [1.82, 2.24) is 4.57 Å². The SMILES string of the molecule is CCn1ccc2c(OCC(C)=O)cccc2c1=O. The highest BCUT2D eigenvalue weighted by atomic mass is 16.5. The summed E-state index contributed by atoms with van der Waals surface area (Å²) in [5.41, 5.74) is -0.0386. The van der Waals surface area contributed by atoms with E-state index in [9.17, 15) is 9.59 Å². The topological polar surface area (TPSA) is 48.3 Å². The number of rotatable bonds is 4. The molecule has 0 spiro atoms. The molecule has 1 heterocycles. The van der Waals surface area contributed by atoms with Gasteiger partial charge in [-0.2, -0.15) is 0 Å². The Morgan fingerprint density at radius 1 is 1.28 bits per heavy atom. The van der Waals surface area contributed by atoms with Crippen molar-refractivity contribution in [2.75, 3.05) is 6.61 Å². The van der Waals surface area contributed by atoms with Crippen molar-refractivity contribution in [1.29, 1.82) is 0 Å². The average molecular weight is 245 g/mol. The number of aromatic nitrogens is 1. The lowest BCUT2D eigenvalue weighted by molar-refractivity contribution is -0.118. The van der Waals surface area contributed by atoms with E-state index in [1.54, 1.807) is 29.0 Å². The maximum absolute atomic E-state index is 12.1. The quantitative estimate of drug-likeness (QED) is 0.827. The Kier molecular flexibility index (Phi) is 3.46. The smallest absolute Gasteiger partial charge is 0.258 e. The van der Waals surface area contributed by atoms with Crippen LogP contribution in [0.3, 0.4) is 0 Å². The number of hydrogen-bond donors (Lipinski definition) is 0. The van der Waals surface area contributed by atoms with Crippen molar-refractivity contribution in [2.45, 2.75) is 20.4 Å². The first-order chi connectivity index (χ1) is 8.63. The lowest BCUT2D eigenvalue weighted by Gasteiger charge is -2.09. The van der Waals surface area contributed by atoms with Crippen LogP contribution in [0.15, 0.2) is 35.3 Å². The van der Waals surface area contributed by atoms with Crippen LogP contribution in [-0.2, 0) is 11.3 Å². The van der Waals surface area contributed by atoms with Crippen molar-refractivity contribution >= 4 is 16.6 Å². The molecule has 0 aliphatic carbocycles. The van der Waals surface area contributed by atoms with Gasteiger partial charge in [-0.15, -0.1) is 0 Å². The molecule has 18 heavy (non-hydrogen) atoms. The first kappa shape index (κ1) is 12.4. The molecule has 0 saturated carbocycles. The number of hydrogen-bond acceptors (Lipinski definition) is 3. The average Bonchev–Trinajstić information content (AvgIpc) is 2.37. The first-order valence-electron chi connectivity index (χ1n) is 5.88. The number of Topliss-reactive ketones (excluding diaryl/α,β-unsaturated/α-hetero) is 1. The zero-order valence-electron chi connectivity index (χ0n) is 10.5. The molecule has 0 aliphatic rings. The zero-order valence-corrected chi connectivity index (χ0v) is 10.5. The van der Waals surface area contributed by atoms with Gasteiger partial charge in [0.05, 0.1) is 5.39 Å². The van der Waals surface area contributed by atoms with E-state index in [1.807, 2.05) is 13.0 Å². The van der Waals surface area contributed by atoms with Crippen LogP contribution in [0.4, 0.5) is 0 Å². The number of pyridine rings is 1. The standard InChI is InChI=1S/C14H15NO3/c1-3-15-8-7-11-12(14(15)17)5-4-6-13(11)18-9-10(2)16/h4-8H,3,9H2,1-2H3. The summed E-state index contributed by atoms with van der Waals surface area (Å²) >= 11 is 0. The minimum Gasteiger partial charge on any atom is -0.485 e. The monoisotopic (exact) mass is 245 g/mol. The summed E-state index contributed by atoms with van der Waals surface area (Å²) in [6.45, 7) is 4.04. The number of aryl methyl sites for hydroxylation is 1. The molecule has 1 aromatic heterocycles. The highest BCUT2D eigenvalue weighted by Gasteiger charge is 2.07. The molecule has 0 N–H and O–H groups in total. The zero-order chi connectivity index (χ0) is 13.1. The van der Waals surface area contributed by atoms with Crippen molar-refractivity contribution in [3.8, 4) is 5.75 Å². The Hall–Kier alpha value is -2.10. The Bertz CT molecular complexity index is 643. The van der Waals surface area contributed by atoms with E-state index in [4.69, 9.17) is 4.74 Å².